The summed E-state index contributed by atoms with van der Waals surface area (Å²) in [6, 6.07) is 12.8. The number of nitrogens with one attached hydrogen (secondary N) is 1. The summed E-state index contributed by atoms with van der Waals surface area (Å²) in [5.41, 5.74) is 1.71. The molecule has 0 aliphatic rings. The van der Waals surface area contributed by atoms with Crippen LogP contribution >= 0.6 is 0 Å². The number of carbonyl (C=O) groups excluding carboxylic acids is 2. The smallest absolute Gasteiger partial charge is 0.259 e. The van der Waals surface area contributed by atoms with E-state index < -0.39 is 0 Å². The van der Waals surface area contributed by atoms with E-state index in [1.165, 1.54) is 11.5 Å². The average molecular weight is 388 g/mol. The maximum atomic E-state index is 12.9. The van der Waals surface area contributed by atoms with Crippen molar-refractivity contribution in [3.63, 3.8) is 0 Å². The van der Waals surface area contributed by atoms with Crippen molar-refractivity contribution < 1.29 is 9.59 Å². The number of nitrogens with zero attached hydrogens (tertiary/aromatic N) is 5. The molecule has 8 heteroatoms. The van der Waals surface area contributed by atoms with Crippen LogP contribution in [0, 0.1) is 0 Å². The van der Waals surface area contributed by atoms with E-state index in [0.717, 1.165) is 0 Å². The lowest BCUT2D eigenvalue weighted by molar-refractivity contribution is 0.0941. The molecule has 146 valence electrons. The van der Waals surface area contributed by atoms with Crippen molar-refractivity contribution in [1.82, 2.24) is 24.3 Å². The number of fused-ring (bicyclic) bond motifs is 1. The normalized spacial score (nSPS) is 11.2. The molecule has 0 aliphatic carbocycles. The monoisotopic (exact) mass is 388 g/mol. The van der Waals surface area contributed by atoms with Gasteiger partial charge in [0.15, 0.2) is 5.82 Å². The van der Waals surface area contributed by atoms with Gasteiger partial charge in [-0.1, -0.05) is 24.3 Å². The molecule has 0 aliphatic heterocycles. The van der Waals surface area contributed by atoms with Crippen LogP contribution in [0.5, 0.6) is 0 Å². The van der Waals surface area contributed by atoms with Gasteiger partial charge in [-0.25, -0.2) is 4.98 Å². The molecule has 29 heavy (non-hydrogen) atoms. The molecule has 3 heterocycles. The summed E-state index contributed by atoms with van der Waals surface area (Å²) in [4.78, 5) is 29.4. The van der Waals surface area contributed by atoms with Gasteiger partial charge in [-0.15, -0.1) is 10.2 Å². The van der Waals surface area contributed by atoms with Gasteiger partial charge in [0.2, 0.25) is 5.91 Å². The molecule has 1 N–H and O–H groups in total. The molecule has 3 aromatic heterocycles. The highest BCUT2D eigenvalue weighted by atomic mass is 16.2. The van der Waals surface area contributed by atoms with Gasteiger partial charge in [-0.2, -0.15) is 0 Å². The first kappa shape index (κ1) is 18.5. The van der Waals surface area contributed by atoms with E-state index in [1.807, 2.05) is 48.7 Å². The zero-order chi connectivity index (χ0) is 20.5. The van der Waals surface area contributed by atoms with E-state index >= 15 is 0 Å². The SMILES string of the molecule is CC(=O)n1cc(C(=O)Nc2cccc(-c3nncn3C(C)C)n2)c2ccccc21. The molecule has 0 spiro atoms. The number of aromatic nitrogens is 5. The van der Waals surface area contributed by atoms with Gasteiger partial charge in [0.05, 0.1) is 11.1 Å². The maximum absolute atomic E-state index is 12.9. The Bertz CT molecular complexity index is 1220. The standard InChI is InChI=1S/C21H20N6O2/c1-13(2)27-12-22-25-20(27)17-8-6-10-19(23-17)24-21(29)16-11-26(14(3)28)18-9-5-4-7-15(16)18/h4-13H,1-3H3,(H,23,24,29). The van der Waals surface area contributed by atoms with E-state index in [0.29, 0.717) is 33.8 Å². The molecule has 4 rings (SSSR count). The second kappa shape index (κ2) is 7.31. The summed E-state index contributed by atoms with van der Waals surface area (Å²) in [5, 5.41) is 11.6. The van der Waals surface area contributed by atoms with Crippen molar-refractivity contribution in [2.75, 3.05) is 5.32 Å². The van der Waals surface area contributed by atoms with Crippen LogP contribution in [0.2, 0.25) is 0 Å². The minimum Gasteiger partial charge on any atom is -0.310 e. The first-order valence-corrected chi connectivity index (χ1v) is 9.25. The Morgan fingerprint density at radius 3 is 2.62 bits per heavy atom. The number of hydrogen-bond donors (Lipinski definition) is 1. The molecule has 0 saturated heterocycles. The number of carbonyl (C=O) groups is 2. The van der Waals surface area contributed by atoms with Gasteiger partial charge in [-0.3, -0.25) is 14.2 Å². The van der Waals surface area contributed by atoms with Gasteiger partial charge >= 0.3 is 0 Å². The third-order valence-electron chi connectivity index (χ3n) is 4.65. The molecule has 0 radical (unpaired) electrons. The van der Waals surface area contributed by atoms with Crippen molar-refractivity contribution in [1.29, 1.82) is 0 Å². The summed E-state index contributed by atoms with van der Waals surface area (Å²) in [7, 11) is 0. The van der Waals surface area contributed by atoms with Crippen molar-refractivity contribution in [3.8, 4) is 11.5 Å². The topological polar surface area (TPSA) is 94.7 Å². The first-order chi connectivity index (χ1) is 14.0. The molecule has 0 unspecified atom stereocenters. The van der Waals surface area contributed by atoms with Crippen LogP contribution in [-0.2, 0) is 0 Å². The lowest BCUT2D eigenvalue weighted by atomic mass is 10.1. The minimum atomic E-state index is -0.337. The molecular weight excluding hydrogens is 368 g/mol. The highest BCUT2D eigenvalue weighted by Crippen LogP contribution is 2.23. The summed E-state index contributed by atoms with van der Waals surface area (Å²) in [6.07, 6.45) is 3.21. The van der Waals surface area contributed by atoms with Crippen LogP contribution in [0.15, 0.2) is 55.0 Å². The Kier molecular flexibility index (Phi) is 4.67. The van der Waals surface area contributed by atoms with Crippen LogP contribution in [0.25, 0.3) is 22.4 Å². The third-order valence-corrected chi connectivity index (χ3v) is 4.65. The Morgan fingerprint density at radius 2 is 1.86 bits per heavy atom. The molecule has 4 aromatic rings. The van der Waals surface area contributed by atoms with Gasteiger partial charge in [0, 0.05) is 24.5 Å². The second-order valence-corrected chi connectivity index (χ2v) is 6.97. The maximum Gasteiger partial charge on any atom is 0.259 e. The fraction of sp³-hybridized carbons (Fsp3) is 0.190. The number of pyridine rings is 1. The fourth-order valence-corrected chi connectivity index (χ4v) is 3.24. The Hall–Kier alpha value is -3.81. The molecule has 0 bridgehead atoms. The zero-order valence-electron chi connectivity index (χ0n) is 16.3. The van der Waals surface area contributed by atoms with Crippen LogP contribution in [0.1, 0.15) is 42.0 Å². The predicted molar refractivity (Wildman–Crippen MR) is 110 cm³/mol. The number of rotatable bonds is 4. The van der Waals surface area contributed by atoms with E-state index in [2.05, 4.69) is 20.5 Å². The van der Waals surface area contributed by atoms with Gasteiger partial charge in [-0.05, 0) is 32.0 Å². The molecule has 1 amide bonds. The quantitative estimate of drug-likeness (QED) is 0.574. The van der Waals surface area contributed by atoms with E-state index in [1.54, 1.807) is 24.7 Å². The average Bonchev–Trinajstić information content (AvgIpc) is 3.33. The molecule has 0 atom stereocenters. The molecule has 0 saturated carbocycles. The number of anilines is 1. The summed E-state index contributed by atoms with van der Waals surface area (Å²) in [5.74, 6) is 0.527. The Balaban J connectivity index is 1.67. The van der Waals surface area contributed by atoms with Gasteiger partial charge in [0.25, 0.3) is 5.91 Å². The highest BCUT2D eigenvalue weighted by Gasteiger charge is 2.18. The number of para-hydroxylation sites is 1. The minimum absolute atomic E-state index is 0.159. The molecular formula is C21H20N6O2. The van der Waals surface area contributed by atoms with Crippen molar-refractivity contribution in [2.45, 2.75) is 26.8 Å². The van der Waals surface area contributed by atoms with Crippen LogP contribution in [-0.4, -0.2) is 36.1 Å². The van der Waals surface area contributed by atoms with Crippen molar-refractivity contribution >= 4 is 28.5 Å². The predicted octanol–water partition coefficient (Wildman–Crippen LogP) is 3.79. The summed E-state index contributed by atoms with van der Waals surface area (Å²) in [6.45, 7) is 5.52. The Morgan fingerprint density at radius 1 is 1.07 bits per heavy atom. The number of benzene rings is 1. The third kappa shape index (κ3) is 3.40. The van der Waals surface area contributed by atoms with Gasteiger partial charge < -0.3 is 9.88 Å². The van der Waals surface area contributed by atoms with Crippen LogP contribution in [0.4, 0.5) is 5.82 Å². The van der Waals surface area contributed by atoms with Crippen molar-refractivity contribution in [2.24, 2.45) is 0 Å². The van der Waals surface area contributed by atoms with E-state index in [4.69, 9.17) is 0 Å². The van der Waals surface area contributed by atoms with Crippen LogP contribution in [0.3, 0.4) is 0 Å². The summed E-state index contributed by atoms with van der Waals surface area (Å²) >= 11 is 0. The number of hydrogen-bond acceptors (Lipinski definition) is 5. The van der Waals surface area contributed by atoms with E-state index in [9.17, 15) is 9.59 Å². The summed E-state index contributed by atoms with van der Waals surface area (Å²) < 4.78 is 3.38. The molecule has 8 nitrogen and oxygen atoms in total. The Labute approximate surface area is 167 Å². The van der Waals surface area contributed by atoms with Crippen molar-refractivity contribution in [3.05, 3.63) is 60.6 Å². The molecule has 0 fully saturated rings. The van der Waals surface area contributed by atoms with Crippen LogP contribution < -0.4 is 5.32 Å². The van der Waals surface area contributed by atoms with E-state index in [-0.39, 0.29) is 17.9 Å². The largest absolute Gasteiger partial charge is 0.310 e. The lowest BCUT2D eigenvalue weighted by Crippen LogP contribution is -2.13. The van der Waals surface area contributed by atoms with Gasteiger partial charge in [0.1, 0.15) is 17.8 Å². The highest BCUT2D eigenvalue weighted by molar-refractivity contribution is 6.14. The lowest BCUT2D eigenvalue weighted by Gasteiger charge is -2.10. The fourth-order valence-electron chi connectivity index (χ4n) is 3.24. The number of amides is 1. The first-order valence-electron chi connectivity index (χ1n) is 9.25. The zero-order valence-corrected chi connectivity index (χ0v) is 16.3. The molecule has 1 aromatic carbocycles. The second-order valence-electron chi connectivity index (χ2n) is 6.97.